The van der Waals surface area contributed by atoms with Crippen LogP contribution < -0.4 is 0 Å². The first kappa shape index (κ1) is 13.4. The normalized spacial score (nSPS) is 12.0. The molecule has 0 aromatic carbocycles. The summed E-state index contributed by atoms with van der Waals surface area (Å²) in [5.74, 6) is 1.88. The summed E-state index contributed by atoms with van der Waals surface area (Å²) in [7, 11) is -2.10. The Morgan fingerprint density at radius 2 is 1.77 bits per heavy atom. The van der Waals surface area contributed by atoms with Crippen molar-refractivity contribution in [1.29, 1.82) is 0 Å². The van der Waals surface area contributed by atoms with Gasteiger partial charge in [0.1, 0.15) is 0 Å². The van der Waals surface area contributed by atoms with Gasteiger partial charge >= 0.3 is 8.80 Å². The molecule has 0 saturated carbocycles. The summed E-state index contributed by atoms with van der Waals surface area (Å²) in [6, 6.07) is 0.143. The van der Waals surface area contributed by atoms with E-state index >= 15 is 0 Å². The summed E-state index contributed by atoms with van der Waals surface area (Å²) in [6.07, 6.45) is 1.68. The average Bonchev–Trinajstić information content (AvgIpc) is 2.01. The molecule has 4 nitrogen and oxygen atoms in total. The predicted molar refractivity (Wildman–Crippen MR) is 55.7 cm³/mol. The summed E-state index contributed by atoms with van der Waals surface area (Å²) in [6.45, 7) is 0.770. The third-order valence-electron chi connectivity index (χ3n) is 1.44. The second-order valence-corrected chi connectivity index (χ2v) is 6.11. The lowest BCUT2D eigenvalue weighted by molar-refractivity contribution is 0.200. The molecule has 0 amide bonds. The Kier molecular flexibility index (Phi) is 8.02. The zero-order chi connectivity index (χ0) is 10.2. The Balaban J connectivity index is 3.00. The smallest absolute Gasteiger partial charge is 0.390 e. The van der Waals surface area contributed by atoms with E-state index in [4.69, 9.17) is 19.1 Å². The van der Waals surface area contributed by atoms with Gasteiger partial charge in [0.2, 0.25) is 0 Å². The van der Waals surface area contributed by atoms with Gasteiger partial charge in [0.05, 0.1) is 0 Å². The van der Waals surface area contributed by atoms with E-state index in [0.717, 1.165) is 24.5 Å². The maximum absolute atomic E-state index is 8.68. The summed E-state index contributed by atoms with van der Waals surface area (Å²) >= 11 is 1.74. The topological polar surface area (TPSA) is 69.9 Å². The monoisotopic (exact) mass is 226 g/mol. The van der Waals surface area contributed by atoms with Crippen LogP contribution in [0.2, 0.25) is 6.04 Å². The van der Waals surface area contributed by atoms with E-state index in [-0.39, 0.29) is 6.04 Å². The first-order chi connectivity index (χ1) is 6.06. The van der Waals surface area contributed by atoms with Crippen LogP contribution in [-0.4, -0.2) is 48.4 Å². The third-order valence-corrected chi connectivity index (χ3v) is 3.62. The molecule has 13 heavy (non-hydrogen) atoms. The molecule has 0 spiro atoms. The molecular weight excluding hydrogens is 208 g/mol. The second kappa shape index (κ2) is 7.78. The molecular formula is C7H18O4SSi. The molecule has 3 N–H and O–H groups in total. The standard InChI is InChI=1S/C7H18O4SSi/c1-11-4-2-5-12-6-3-7-13(8,9)10/h8-10H,2-7H2,1H3. The molecule has 6 heteroatoms. The van der Waals surface area contributed by atoms with Gasteiger partial charge in [-0.3, -0.25) is 0 Å². The highest BCUT2D eigenvalue weighted by molar-refractivity contribution is 7.99. The van der Waals surface area contributed by atoms with Crippen LogP contribution in [-0.2, 0) is 4.74 Å². The maximum Gasteiger partial charge on any atom is 0.492 e. The van der Waals surface area contributed by atoms with Gasteiger partial charge in [-0.2, -0.15) is 11.8 Å². The fourth-order valence-corrected chi connectivity index (χ4v) is 2.60. The first-order valence-corrected chi connectivity index (χ1v) is 7.50. The predicted octanol–water partition coefficient (Wildman–Crippen LogP) is 0.0620. The molecule has 0 atom stereocenters. The van der Waals surface area contributed by atoms with Gasteiger partial charge in [-0.05, 0) is 24.3 Å². The van der Waals surface area contributed by atoms with E-state index in [2.05, 4.69) is 0 Å². The van der Waals surface area contributed by atoms with Gasteiger partial charge in [-0.25, -0.2) is 0 Å². The highest BCUT2D eigenvalue weighted by atomic mass is 32.2. The quantitative estimate of drug-likeness (QED) is 0.403. The van der Waals surface area contributed by atoms with Gasteiger partial charge < -0.3 is 19.1 Å². The van der Waals surface area contributed by atoms with E-state index in [1.54, 1.807) is 18.9 Å². The van der Waals surface area contributed by atoms with E-state index in [0.29, 0.717) is 6.42 Å². The fraction of sp³-hybridized carbons (Fsp3) is 1.00. The molecule has 0 aliphatic heterocycles. The van der Waals surface area contributed by atoms with Crippen molar-refractivity contribution in [3.8, 4) is 0 Å². The van der Waals surface area contributed by atoms with E-state index < -0.39 is 8.80 Å². The lowest BCUT2D eigenvalue weighted by Crippen LogP contribution is -2.34. The van der Waals surface area contributed by atoms with Crippen LogP contribution in [0.1, 0.15) is 12.8 Å². The minimum absolute atomic E-state index is 0.143. The van der Waals surface area contributed by atoms with Crippen LogP contribution in [0.4, 0.5) is 0 Å². The number of ether oxygens (including phenoxy) is 1. The van der Waals surface area contributed by atoms with Crippen LogP contribution >= 0.6 is 11.8 Å². The molecule has 0 fully saturated rings. The van der Waals surface area contributed by atoms with Crippen molar-refractivity contribution in [1.82, 2.24) is 0 Å². The molecule has 0 aromatic rings. The molecule has 0 aromatic heterocycles. The first-order valence-electron chi connectivity index (χ1n) is 4.30. The van der Waals surface area contributed by atoms with Crippen LogP contribution in [0.25, 0.3) is 0 Å². The SMILES string of the molecule is COCCCSCCC[Si](O)(O)O. The number of methoxy groups -OCH3 is 1. The van der Waals surface area contributed by atoms with E-state index in [9.17, 15) is 0 Å². The van der Waals surface area contributed by atoms with Crippen LogP contribution in [0, 0.1) is 0 Å². The maximum atomic E-state index is 8.68. The Labute approximate surface area is 84.3 Å². The molecule has 0 radical (unpaired) electrons. The molecule has 0 bridgehead atoms. The lowest BCUT2D eigenvalue weighted by atomic mass is 10.5. The molecule has 80 valence electrons. The third kappa shape index (κ3) is 12.4. The fourth-order valence-electron chi connectivity index (χ4n) is 0.819. The number of hydrogen-bond acceptors (Lipinski definition) is 5. The van der Waals surface area contributed by atoms with Crippen molar-refractivity contribution in [2.45, 2.75) is 18.9 Å². The Hall–Kier alpha value is 0.407. The highest BCUT2D eigenvalue weighted by Crippen LogP contribution is 2.09. The number of thioether (sulfide) groups is 1. The zero-order valence-corrected chi connectivity index (χ0v) is 9.72. The largest absolute Gasteiger partial charge is 0.492 e. The summed E-state index contributed by atoms with van der Waals surface area (Å²) in [4.78, 5) is 26.0. The molecule has 0 aliphatic carbocycles. The second-order valence-electron chi connectivity index (χ2n) is 2.84. The minimum atomic E-state index is -3.77. The van der Waals surface area contributed by atoms with Crippen LogP contribution in [0.5, 0.6) is 0 Å². The minimum Gasteiger partial charge on any atom is -0.390 e. The summed E-state index contributed by atoms with van der Waals surface area (Å²) in [5, 5.41) is 0. The van der Waals surface area contributed by atoms with Gasteiger partial charge in [0.25, 0.3) is 0 Å². The average molecular weight is 226 g/mol. The molecule has 0 heterocycles. The Bertz CT molecular complexity index is 118. The van der Waals surface area contributed by atoms with Crippen molar-refractivity contribution in [2.24, 2.45) is 0 Å². The van der Waals surface area contributed by atoms with Crippen molar-refractivity contribution in [3.63, 3.8) is 0 Å². The van der Waals surface area contributed by atoms with Crippen molar-refractivity contribution in [3.05, 3.63) is 0 Å². The Morgan fingerprint density at radius 1 is 1.15 bits per heavy atom. The summed E-state index contributed by atoms with van der Waals surface area (Å²) in [5.41, 5.74) is 0. The number of hydrogen-bond donors (Lipinski definition) is 3. The van der Waals surface area contributed by atoms with Crippen LogP contribution in [0.15, 0.2) is 0 Å². The summed E-state index contributed by atoms with van der Waals surface area (Å²) < 4.78 is 4.88. The van der Waals surface area contributed by atoms with Crippen molar-refractivity contribution < 1.29 is 19.1 Å². The Morgan fingerprint density at radius 3 is 2.31 bits per heavy atom. The van der Waals surface area contributed by atoms with E-state index in [1.165, 1.54) is 0 Å². The van der Waals surface area contributed by atoms with Crippen LogP contribution in [0.3, 0.4) is 0 Å². The zero-order valence-electron chi connectivity index (χ0n) is 7.90. The molecule has 0 unspecified atom stereocenters. The van der Waals surface area contributed by atoms with Gasteiger partial charge in [-0.15, -0.1) is 0 Å². The molecule has 0 rings (SSSR count). The van der Waals surface area contributed by atoms with Gasteiger partial charge in [-0.1, -0.05) is 0 Å². The highest BCUT2D eigenvalue weighted by Gasteiger charge is 2.25. The lowest BCUT2D eigenvalue weighted by Gasteiger charge is -2.08. The van der Waals surface area contributed by atoms with Crippen molar-refractivity contribution in [2.75, 3.05) is 25.2 Å². The molecule has 0 saturated heterocycles. The number of rotatable bonds is 8. The van der Waals surface area contributed by atoms with Gasteiger partial charge in [0, 0.05) is 19.8 Å². The molecule has 0 aliphatic rings. The van der Waals surface area contributed by atoms with Crippen molar-refractivity contribution >= 4 is 20.6 Å². The van der Waals surface area contributed by atoms with E-state index in [1.807, 2.05) is 0 Å². The van der Waals surface area contributed by atoms with Gasteiger partial charge in [0.15, 0.2) is 0 Å².